The zero-order valence-corrected chi connectivity index (χ0v) is 11.1. The third kappa shape index (κ3) is 3.43. The number of amides is 1. The summed E-state index contributed by atoms with van der Waals surface area (Å²) in [7, 11) is 1.52. The number of pyridine rings is 1. The zero-order valence-electron chi connectivity index (χ0n) is 11.1. The molecule has 1 aromatic rings. The number of aliphatic hydroxyl groups excluding tert-OH is 1. The van der Waals surface area contributed by atoms with Gasteiger partial charge in [0.05, 0.1) is 18.9 Å². The van der Waals surface area contributed by atoms with Gasteiger partial charge in [-0.05, 0) is 26.3 Å². The molecule has 5 nitrogen and oxygen atoms in total. The van der Waals surface area contributed by atoms with Crippen molar-refractivity contribution in [1.29, 1.82) is 0 Å². The van der Waals surface area contributed by atoms with Crippen molar-refractivity contribution in [2.75, 3.05) is 20.3 Å². The Hall–Kier alpha value is -1.62. The van der Waals surface area contributed by atoms with E-state index >= 15 is 0 Å². The molecule has 1 rings (SSSR count). The Morgan fingerprint density at radius 1 is 1.56 bits per heavy atom. The smallest absolute Gasteiger partial charge is 0.257 e. The fourth-order valence-electron chi connectivity index (χ4n) is 1.71. The maximum Gasteiger partial charge on any atom is 0.257 e. The summed E-state index contributed by atoms with van der Waals surface area (Å²) in [6, 6.07) is 1.72. The predicted molar refractivity (Wildman–Crippen MR) is 68.7 cm³/mol. The molecule has 100 valence electrons. The van der Waals surface area contributed by atoms with Crippen molar-refractivity contribution in [3.63, 3.8) is 0 Å². The molecular formula is C13H20N2O3. The lowest BCUT2D eigenvalue weighted by Crippen LogP contribution is -2.38. The number of hydrogen-bond acceptors (Lipinski definition) is 4. The van der Waals surface area contributed by atoms with Gasteiger partial charge in [-0.1, -0.05) is 0 Å². The quantitative estimate of drug-likeness (QED) is 0.829. The second-order valence-corrected chi connectivity index (χ2v) is 4.25. The Morgan fingerprint density at radius 2 is 2.28 bits per heavy atom. The second-order valence-electron chi connectivity index (χ2n) is 4.25. The van der Waals surface area contributed by atoms with Gasteiger partial charge < -0.3 is 14.7 Å². The molecule has 0 saturated heterocycles. The predicted octanol–water partition coefficient (Wildman–Crippen LogP) is 1.32. The van der Waals surface area contributed by atoms with Crippen molar-refractivity contribution in [3.8, 4) is 5.75 Å². The Kier molecular flexibility index (Phi) is 5.58. The fraction of sp³-hybridized carbons (Fsp3) is 0.538. The Morgan fingerprint density at radius 3 is 2.83 bits per heavy atom. The largest absolute Gasteiger partial charge is 0.494 e. The maximum absolute atomic E-state index is 12.4. The summed E-state index contributed by atoms with van der Waals surface area (Å²) < 4.78 is 5.14. The van der Waals surface area contributed by atoms with E-state index in [-0.39, 0.29) is 18.6 Å². The van der Waals surface area contributed by atoms with E-state index in [1.165, 1.54) is 13.3 Å². The van der Waals surface area contributed by atoms with Crippen LogP contribution in [0, 0.1) is 0 Å². The summed E-state index contributed by atoms with van der Waals surface area (Å²) >= 11 is 0. The Balaban J connectivity index is 2.94. The van der Waals surface area contributed by atoms with Gasteiger partial charge in [0.25, 0.3) is 5.91 Å². The molecule has 0 atom stereocenters. The van der Waals surface area contributed by atoms with Crippen LogP contribution >= 0.6 is 0 Å². The molecule has 0 spiro atoms. The van der Waals surface area contributed by atoms with Gasteiger partial charge in [0.15, 0.2) is 0 Å². The highest BCUT2D eigenvalue weighted by Crippen LogP contribution is 2.19. The number of hydrogen-bond donors (Lipinski definition) is 1. The summed E-state index contributed by atoms with van der Waals surface area (Å²) in [5.41, 5.74) is 0.499. The van der Waals surface area contributed by atoms with Crippen LogP contribution in [0.2, 0.25) is 0 Å². The first-order chi connectivity index (χ1) is 8.61. The van der Waals surface area contributed by atoms with Crippen molar-refractivity contribution < 1.29 is 14.6 Å². The minimum Gasteiger partial charge on any atom is -0.494 e. The molecule has 0 aliphatic carbocycles. The number of aliphatic hydroxyl groups is 1. The average molecular weight is 252 g/mol. The molecule has 1 N–H and O–H groups in total. The van der Waals surface area contributed by atoms with Gasteiger partial charge in [-0.15, -0.1) is 0 Å². The normalized spacial score (nSPS) is 10.5. The number of rotatable bonds is 6. The van der Waals surface area contributed by atoms with Crippen LogP contribution in [0.3, 0.4) is 0 Å². The van der Waals surface area contributed by atoms with Crippen LogP contribution in [0.1, 0.15) is 30.6 Å². The summed E-state index contributed by atoms with van der Waals surface area (Å²) in [5.74, 6) is 0.370. The van der Waals surface area contributed by atoms with Crippen molar-refractivity contribution in [3.05, 3.63) is 24.0 Å². The standard InChI is InChI=1S/C13H20N2O3/c1-10(2)15(7-4-8-16)13(17)11-5-6-14-9-12(11)18-3/h5-6,9-10,16H,4,7-8H2,1-3H3. The summed E-state index contributed by atoms with van der Waals surface area (Å²) in [6.45, 7) is 4.49. The number of methoxy groups -OCH3 is 1. The molecule has 0 aliphatic heterocycles. The van der Waals surface area contributed by atoms with E-state index in [1.54, 1.807) is 17.2 Å². The van der Waals surface area contributed by atoms with E-state index in [0.29, 0.717) is 24.3 Å². The van der Waals surface area contributed by atoms with Gasteiger partial charge in [0, 0.05) is 25.4 Å². The summed E-state index contributed by atoms with van der Waals surface area (Å²) in [5, 5.41) is 8.88. The molecule has 0 radical (unpaired) electrons. The van der Waals surface area contributed by atoms with Gasteiger partial charge >= 0.3 is 0 Å². The van der Waals surface area contributed by atoms with Crippen molar-refractivity contribution in [2.24, 2.45) is 0 Å². The molecule has 0 saturated carbocycles. The number of carbonyl (C=O) groups excluding carboxylic acids is 1. The van der Waals surface area contributed by atoms with Gasteiger partial charge in [0.1, 0.15) is 5.75 Å². The van der Waals surface area contributed by atoms with Gasteiger partial charge in [-0.2, -0.15) is 0 Å². The molecule has 1 amide bonds. The lowest BCUT2D eigenvalue weighted by atomic mass is 10.2. The van der Waals surface area contributed by atoms with Crippen LogP contribution in [0.5, 0.6) is 5.75 Å². The average Bonchev–Trinajstić information content (AvgIpc) is 2.38. The topological polar surface area (TPSA) is 62.7 Å². The fourth-order valence-corrected chi connectivity index (χ4v) is 1.71. The van der Waals surface area contributed by atoms with Crippen LogP contribution in [-0.2, 0) is 0 Å². The van der Waals surface area contributed by atoms with E-state index in [9.17, 15) is 4.79 Å². The minimum absolute atomic E-state index is 0.0712. The van der Waals surface area contributed by atoms with Crippen LogP contribution in [-0.4, -0.2) is 47.2 Å². The Labute approximate surface area is 107 Å². The van der Waals surface area contributed by atoms with Crippen LogP contribution in [0.25, 0.3) is 0 Å². The second kappa shape index (κ2) is 6.96. The number of carbonyl (C=O) groups is 1. The first-order valence-electron chi connectivity index (χ1n) is 6.01. The lowest BCUT2D eigenvalue weighted by molar-refractivity contribution is 0.0689. The lowest BCUT2D eigenvalue weighted by Gasteiger charge is -2.27. The van der Waals surface area contributed by atoms with Gasteiger partial charge in [-0.25, -0.2) is 0 Å². The zero-order chi connectivity index (χ0) is 13.5. The number of nitrogens with zero attached hydrogens (tertiary/aromatic N) is 2. The van der Waals surface area contributed by atoms with Gasteiger partial charge in [-0.3, -0.25) is 9.78 Å². The summed E-state index contributed by atoms with van der Waals surface area (Å²) in [4.78, 5) is 18.1. The molecule has 0 fully saturated rings. The number of aromatic nitrogens is 1. The third-order valence-corrected chi connectivity index (χ3v) is 2.68. The minimum atomic E-state index is -0.0994. The van der Waals surface area contributed by atoms with Crippen molar-refractivity contribution in [1.82, 2.24) is 9.88 Å². The third-order valence-electron chi connectivity index (χ3n) is 2.68. The highest BCUT2D eigenvalue weighted by atomic mass is 16.5. The molecule has 0 aromatic carbocycles. The van der Waals surface area contributed by atoms with E-state index < -0.39 is 0 Å². The summed E-state index contributed by atoms with van der Waals surface area (Å²) in [6.07, 6.45) is 3.66. The molecule has 1 heterocycles. The molecule has 1 aromatic heterocycles. The number of ether oxygens (including phenoxy) is 1. The molecule has 0 aliphatic rings. The molecule has 0 bridgehead atoms. The molecule has 5 heteroatoms. The van der Waals surface area contributed by atoms with Crippen molar-refractivity contribution >= 4 is 5.91 Å². The first kappa shape index (κ1) is 14.4. The van der Waals surface area contributed by atoms with Crippen LogP contribution < -0.4 is 4.74 Å². The van der Waals surface area contributed by atoms with Crippen molar-refractivity contribution in [2.45, 2.75) is 26.3 Å². The molecular weight excluding hydrogens is 232 g/mol. The van der Waals surface area contributed by atoms with E-state index in [2.05, 4.69) is 4.98 Å². The van der Waals surface area contributed by atoms with E-state index in [1.807, 2.05) is 13.8 Å². The monoisotopic (exact) mass is 252 g/mol. The SMILES string of the molecule is COc1cnccc1C(=O)N(CCCO)C(C)C. The highest BCUT2D eigenvalue weighted by Gasteiger charge is 2.21. The van der Waals surface area contributed by atoms with Gasteiger partial charge in [0.2, 0.25) is 0 Å². The van der Waals surface area contributed by atoms with Crippen LogP contribution in [0.4, 0.5) is 0 Å². The maximum atomic E-state index is 12.4. The Bertz CT molecular complexity index is 394. The molecule has 18 heavy (non-hydrogen) atoms. The highest BCUT2D eigenvalue weighted by molar-refractivity contribution is 5.96. The van der Waals surface area contributed by atoms with E-state index in [0.717, 1.165) is 0 Å². The first-order valence-corrected chi connectivity index (χ1v) is 6.01. The van der Waals surface area contributed by atoms with Crippen LogP contribution in [0.15, 0.2) is 18.5 Å². The van der Waals surface area contributed by atoms with E-state index in [4.69, 9.17) is 9.84 Å². The molecule has 0 unspecified atom stereocenters.